The van der Waals surface area contributed by atoms with Crippen molar-refractivity contribution < 1.29 is 9.47 Å². The van der Waals surface area contributed by atoms with Crippen molar-refractivity contribution in [1.82, 2.24) is 5.32 Å². The lowest BCUT2D eigenvalue weighted by Crippen LogP contribution is -2.19. The molecule has 112 valence electrons. The molecule has 0 saturated carbocycles. The van der Waals surface area contributed by atoms with Crippen LogP contribution in [0.2, 0.25) is 0 Å². The maximum absolute atomic E-state index is 5.90. The summed E-state index contributed by atoms with van der Waals surface area (Å²) in [5.74, 6) is 1.04. The molecule has 1 atom stereocenters. The number of ether oxygens (including phenoxy) is 2. The third-order valence-electron chi connectivity index (χ3n) is 3.70. The van der Waals surface area contributed by atoms with Gasteiger partial charge in [-0.15, -0.1) is 0 Å². The molecule has 1 N–H and O–H groups in total. The fraction of sp³-hybridized carbons (Fsp3) is 0.647. The van der Waals surface area contributed by atoms with Crippen LogP contribution in [0.25, 0.3) is 0 Å². The zero-order valence-corrected chi connectivity index (χ0v) is 12.8. The van der Waals surface area contributed by atoms with Crippen LogP contribution in [0.5, 0.6) is 5.75 Å². The monoisotopic (exact) mass is 277 g/mol. The van der Waals surface area contributed by atoms with Crippen LogP contribution in [-0.4, -0.2) is 26.4 Å². The minimum atomic E-state index is 0.504. The Morgan fingerprint density at radius 1 is 1.15 bits per heavy atom. The molecule has 0 saturated heterocycles. The van der Waals surface area contributed by atoms with Crippen molar-refractivity contribution in [3.05, 3.63) is 29.3 Å². The van der Waals surface area contributed by atoms with Crippen LogP contribution < -0.4 is 10.1 Å². The van der Waals surface area contributed by atoms with E-state index in [4.69, 9.17) is 9.47 Å². The third-order valence-corrected chi connectivity index (χ3v) is 3.70. The van der Waals surface area contributed by atoms with E-state index < -0.39 is 0 Å². The van der Waals surface area contributed by atoms with Crippen LogP contribution >= 0.6 is 0 Å². The SMILES string of the molecule is CCCNC1CCc2c(OCCOCCC)cccc21. The average molecular weight is 277 g/mol. The van der Waals surface area contributed by atoms with Gasteiger partial charge in [0, 0.05) is 12.6 Å². The van der Waals surface area contributed by atoms with Crippen molar-refractivity contribution in [1.29, 1.82) is 0 Å². The Morgan fingerprint density at radius 2 is 2.05 bits per heavy atom. The third kappa shape index (κ3) is 3.97. The van der Waals surface area contributed by atoms with Gasteiger partial charge < -0.3 is 14.8 Å². The Morgan fingerprint density at radius 3 is 2.85 bits per heavy atom. The molecule has 1 aromatic rings. The minimum Gasteiger partial charge on any atom is -0.491 e. The molecule has 0 fully saturated rings. The molecule has 0 amide bonds. The molecule has 20 heavy (non-hydrogen) atoms. The van der Waals surface area contributed by atoms with Crippen LogP contribution in [0.4, 0.5) is 0 Å². The van der Waals surface area contributed by atoms with Crippen molar-refractivity contribution in [3.63, 3.8) is 0 Å². The quantitative estimate of drug-likeness (QED) is 0.701. The standard InChI is InChI=1S/C17H27NO2/c1-3-10-18-16-9-8-15-14(16)6-5-7-17(15)20-13-12-19-11-4-2/h5-7,16,18H,3-4,8-13H2,1-2H3. The Bertz CT molecular complexity index is 406. The fourth-order valence-corrected chi connectivity index (χ4v) is 2.74. The summed E-state index contributed by atoms with van der Waals surface area (Å²) in [6.07, 6.45) is 4.53. The fourth-order valence-electron chi connectivity index (χ4n) is 2.74. The van der Waals surface area contributed by atoms with E-state index in [0.717, 1.165) is 31.7 Å². The van der Waals surface area contributed by atoms with E-state index in [2.05, 4.69) is 37.4 Å². The lowest BCUT2D eigenvalue weighted by Gasteiger charge is -2.15. The Balaban J connectivity index is 1.90. The first-order chi connectivity index (χ1) is 9.86. The molecule has 0 aromatic heterocycles. The highest BCUT2D eigenvalue weighted by atomic mass is 16.5. The molecule has 1 aromatic carbocycles. The molecule has 1 aliphatic carbocycles. The normalized spacial score (nSPS) is 17.2. The highest BCUT2D eigenvalue weighted by Gasteiger charge is 2.24. The largest absolute Gasteiger partial charge is 0.491 e. The second-order valence-corrected chi connectivity index (χ2v) is 5.33. The summed E-state index contributed by atoms with van der Waals surface area (Å²) < 4.78 is 11.4. The molecule has 3 nitrogen and oxygen atoms in total. The lowest BCUT2D eigenvalue weighted by molar-refractivity contribution is 0.100. The number of nitrogens with one attached hydrogen (secondary N) is 1. The van der Waals surface area contributed by atoms with Crippen molar-refractivity contribution in [2.24, 2.45) is 0 Å². The number of benzene rings is 1. The molecule has 2 rings (SSSR count). The maximum atomic E-state index is 5.90. The van der Waals surface area contributed by atoms with Gasteiger partial charge in [-0.1, -0.05) is 26.0 Å². The van der Waals surface area contributed by atoms with E-state index >= 15 is 0 Å². The second kappa shape index (κ2) is 8.28. The summed E-state index contributed by atoms with van der Waals surface area (Å²) >= 11 is 0. The van der Waals surface area contributed by atoms with E-state index in [1.807, 2.05) is 0 Å². The van der Waals surface area contributed by atoms with E-state index in [0.29, 0.717) is 19.3 Å². The number of hydrogen-bond donors (Lipinski definition) is 1. The first-order valence-electron chi connectivity index (χ1n) is 7.92. The Hall–Kier alpha value is -1.06. The molecule has 0 spiro atoms. The molecule has 1 aliphatic rings. The predicted octanol–water partition coefficient (Wildman–Crippen LogP) is 3.48. The zero-order valence-electron chi connectivity index (χ0n) is 12.8. The average Bonchev–Trinajstić information content (AvgIpc) is 2.89. The summed E-state index contributed by atoms with van der Waals surface area (Å²) in [5, 5.41) is 3.62. The van der Waals surface area contributed by atoms with Gasteiger partial charge >= 0.3 is 0 Å². The van der Waals surface area contributed by atoms with Gasteiger partial charge in [-0.05, 0) is 49.4 Å². The highest BCUT2D eigenvalue weighted by molar-refractivity contribution is 5.45. The molecule has 0 aliphatic heterocycles. The Kier molecular flexibility index (Phi) is 6.34. The summed E-state index contributed by atoms with van der Waals surface area (Å²) in [6.45, 7) is 7.55. The molecule has 0 heterocycles. The first-order valence-corrected chi connectivity index (χ1v) is 7.92. The number of rotatable bonds is 9. The van der Waals surface area contributed by atoms with Gasteiger partial charge in [0.25, 0.3) is 0 Å². The maximum Gasteiger partial charge on any atom is 0.122 e. The summed E-state index contributed by atoms with van der Waals surface area (Å²) in [5.41, 5.74) is 2.81. The van der Waals surface area contributed by atoms with E-state index in [9.17, 15) is 0 Å². The predicted molar refractivity (Wildman–Crippen MR) is 82.4 cm³/mol. The van der Waals surface area contributed by atoms with Gasteiger partial charge in [0.15, 0.2) is 0 Å². The topological polar surface area (TPSA) is 30.5 Å². The highest BCUT2D eigenvalue weighted by Crippen LogP contribution is 2.36. The van der Waals surface area contributed by atoms with E-state index in [-0.39, 0.29) is 0 Å². The van der Waals surface area contributed by atoms with Gasteiger partial charge in [0.1, 0.15) is 12.4 Å². The molecule has 1 unspecified atom stereocenters. The van der Waals surface area contributed by atoms with Gasteiger partial charge in [-0.2, -0.15) is 0 Å². The van der Waals surface area contributed by atoms with Crippen molar-refractivity contribution in [2.45, 2.75) is 45.6 Å². The molecule has 3 heteroatoms. The second-order valence-electron chi connectivity index (χ2n) is 5.33. The minimum absolute atomic E-state index is 0.504. The van der Waals surface area contributed by atoms with Crippen molar-refractivity contribution >= 4 is 0 Å². The van der Waals surface area contributed by atoms with Crippen molar-refractivity contribution in [2.75, 3.05) is 26.4 Å². The van der Waals surface area contributed by atoms with Gasteiger partial charge in [0.05, 0.1) is 6.61 Å². The molecular weight excluding hydrogens is 250 g/mol. The molecule has 0 radical (unpaired) electrons. The van der Waals surface area contributed by atoms with Crippen LogP contribution in [0, 0.1) is 0 Å². The van der Waals surface area contributed by atoms with E-state index in [1.54, 1.807) is 0 Å². The van der Waals surface area contributed by atoms with E-state index in [1.165, 1.54) is 24.0 Å². The van der Waals surface area contributed by atoms with Crippen LogP contribution in [0.15, 0.2) is 18.2 Å². The first kappa shape index (κ1) is 15.3. The smallest absolute Gasteiger partial charge is 0.122 e. The molecule has 0 bridgehead atoms. The summed E-state index contributed by atoms with van der Waals surface area (Å²) in [7, 11) is 0. The zero-order chi connectivity index (χ0) is 14.2. The van der Waals surface area contributed by atoms with Crippen LogP contribution in [-0.2, 0) is 11.2 Å². The number of fused-ring (bicyclic) bond motifs is 1. The van der Waals surface area contributed by atoms with Crippen LogP contribution in [0.3, 0.4) is 0 Å². The van der Waals surface area contributed by atoms with Gasteiger partial charge in [-0.3, -0.25) is 0 Å². The lowest BCUT2D eigenvalue weighted by atomic mass is 10.1. The summed E-state index contributed by atoms with van der Waals surface area (Å²) in [4.78, 5) is 0. The van der Waals surface area contributed by atoms with Gasteiger partial charge in [0.2, 0.25) is 0 Å². The summed E-state index contributed by atoms with van der Waals surface area (Å²) in [6, 6.07) is 6.93. The Labute approximate surface area is 122 Å². The van der Waals surface area contributed by atoms with Crippen molar-refractivity contribution in [3.8, 4) is 5.75 Å². The van der Waals surface area contributed by atoms with Crippen LogP contribution in [0.1, 0.15) is 50.3 Å². The number of hydrogen-bond acceptors (Lipinski definition) is 3. The van der Waals surface area contributed by atoms with Gasteiger partial charge in [-0.25, -0.2) is 0 Å². The molecular formula is C17H27NO2.